The molecule has 3 aromatic rings. The van der Waals surface area contributed by atoms with Gasteiger partial charge in [-0.05, 0) is 19.1 Å². The molecule has 0 saturated heterocycles. The molecule has 0 bridgehead atoms. The van der Waals surface area contributed by atoms with Gasteiger partial charge < -0.3 is 10.1 Å². The molecule has 0 unspecified atom stereocenters. The summed E-state index contributed by atoms with van der Waals surface area (Å²) in [6, 6.07) is 15.5. The molecule has 1 heterocycles. The van der Waals surface area contributed by atoms with Crippen molar-refractivity contribution in [1.29, 1.82) is 0 Å². The van der Waals surface area contributed by atoms with Gasteiger partial charge in [0.2, 0.25) is 0 Å². The van der Waals surface area contributed by atoms with Crippen molar-refractivity contribution in [3.05, 3.63) is 53.7 Å². The number of fused-ring (bicyclic) bond motifs is 1. The average molecular weight is 300 g/mol. The van der Waals surface area contributed by atoms with Crippen molar-refractivity contribution in [2.24, 2.45) is 0 Å². The Kier molecular flexibility index (Phi) is 3.88. The number of rotatable bonds is 4. The lowest BCUT2D eigenvalue weighted by Gasteiger charge is -2.12. The maximum Gasteiger partial charge on any atom is 0.161 e. The third-order valence-electron chi connectivity index (χ3n) is 3.08. The maximum atomic E-state index is 6.09. The van der Waals surface area contributed by atoms with Crippen molar-refractivity contribution in [3.8, 4) is 5.75 Å². The fourth-order valence-electron chi connectivity index (χ4n) is 2.14. The van der Waals surface area contributed by atoms with Crippen LogP contribution in [-0.2, 0) is 0 Å². The molecule has 0 aliphatic rings. The maximum absolute atomic E-state index is 6.09. The van der Waals surface area contributed by atoms with Crippen molar-refractivity contribution in [3.63, 3.8) is 0 Å². The van der Waals surface area contributed by atoms with Crippen LogP contribution in [0.4, 0.5) is 11.5 Å². The molecule has 0 aliphatic heterocycles. The zero-order valence-corrected chi connectivity index (χ0v) is 12.3. The standard InChI is InChI=1S/C16H14ClN3O/c1-2-21-14-10-6-5-9-13(14)18-16-12-8-4-3-7-11(12)15(17)19-20-16/h3-10H,2H2,1H3,(H,18,20). The summed E-state index contributed by atoms with van der Waals surface area (Å²) in [5.74, 6) is 1.43. The molecule has 5 heteroatoms. The smallest absolute Gasteiger partial charge is 0.161 e. The number of aromatic nitrogens is 2. The van der Waals surface area contributed by atoms with Crippen LogP contribution in [0.3, 0.4) is 0 Å². The molecular weight excluding hydrogens is 286 g/mol. The molecule has 0 radical (unpaired) electrons. The molecule has 0 atom stereocenters. The highest BCUT2D eigenvalue weighted by atomic mass is 35.5. The minimum absolute atomic E-state index is 0.397. The SMILES string of the molecule is CCOc1ccccc1Nc1nnc(Cl)c2ccccc12. The largest absolute Gasteiger partial charge is 0.492 e. The minimum Gasteiger partial charge on any atom is -0.492 e. The van der Waals surface area contributed by atoms with Gasteiger partial charge in [0.25, 0.3) is 0 Å². The van der Waals surface area contributed by atoms with Crippen LogP contribution in [0.1, 0.15) is 6.92 Å². The fourth-order valence-corrected chi connectivity index (χ4v) is 2.34. The van der Waals surface area contributed by atoms with Gasteiger partial charge in [0.15, 0.2) is 11.0 Å². The van der Waals surface area contributed by atoms with Crippen LogP contribution in [0.5, 0.6) is 5.75 Å². The zero-order chi connectivity index (χ0) is 14.7. The number of halogens is 1. The Morgan fingerprint density at radius 2 is 1.71 bits per heavy atom. The summed E-state index contributed by atoms with van der Waals surface area (Å²) in [7, 11) is 0. The predicted molar refractivity (Wildman–Crippen MR) is 85.4 cm³/mol. The second kappa shape index (κ2) is 5.97. The van der Waals surface area contributed by atoms with E-state index in [4.69, 9.17) is 16.3 Å². The highest BCUT2D eigenvalue weighted by Gasteiger charge is 2.09. The quantitative estimate of drug-likeness (QED) is 0.774. The lowest BCUT2D eigenvalue weighted by molar-refractivity contribution is 0.342. The average Bonchev–Trinajstić information content (AvgIpc) is 2.52. The first-order valence-corrected chi connectivity index (χ1v) is 7.07. The summed E-state index contributed by atoms with van der Waals surface area (Å²) in [5, 5.41) is 13.6. The van der Waals surface area contributed by atoms with Crippen LogP contribution in [0.2, 0.25) is 5.15 Å². The van der Waals surface area contributed by atoms with Crippen LogP contribution < -0.4 is 10.1 Å². The van der Waals surface area contributed by atoms with Crippen molar-refractivity contribution >= 4 is 33.9 Å². The third-order valence-corrected chi connectivity index (χ3v) is 3.36. The van der Waals surface area contributed by atoms with E-state index in [0.717, 1.165) is 22.2 Å². The molecular formula is C16H14ClN3O. The summed E-state index contributed by atoms with van der Waals surface area (Å²) in [6.07, 6.45) is 0. The van der Waals surface area contributed by atoms with Crippen LogP contribution in [0.15, 0.2) is 48.5 Å². The number of nitrogens with zero attached hydrogens (tertiary/aromatic N) is 2. The summed E-state index contributed by atoms with van der Waals surface area (Å²) in [4.78, 5) is 0. The number of nitrogens with one attached hydrogen (secondary N) is 1. The number of hydrogen-bond acceptors (Lipinski definition) is 4. The monoisotopic (exact) mass is 299 g/mol. The number of benzene rings is 2. The second-order valence-electron chi connectivity index (χ2n) is 4.44. The topological polar surface area (TPSA) is 47.0 Å². The molecule has 0 fully saturated rings. The van der Waals surface area contributed by atoms with E-state index >= 15 is 0 Å². The van der Waals surface area contributed by atoms with E-state index < -0.39 is 0 Å². The second-order valence-corrected chi connectivity index (χ2v) is 4.80. The molecule has 2 aromatic carbocycles. The van der Waals surface area contributed by atoms with Crippen molar-refractivity contribution in [2.45, 2.75) is 6.92 Å². The Morgan fingerprint density at radius 1 is 1.00 bits per heavy atom. The summed E-state index contributed by atoms with van der Waals surface area (Å²) in [5.41, 5.74) is 0.848. The van der Waals surface area contributed by atoms with Crippen molar-refractivity contribution in [2.75, 3.05) is 11.9 Å². The van der Waals surface area contributed by atoms with E-state index in [9.17, 15) is 0 Å². The summed E-state index contributed by atoms with van der Waals surface area (Å²) in [6.45, 7) is 2.56. The third kappa shape index (κ3) is 2.76. The minimum atomic E-state index is 0.397. The van der Waals surface area contributed by atoms with E-state index in [1.54, 1.807) is 0 Å². The molecule has 0 amide bonds. The molecule has 1 N–H and O–H groups in total. The lowest BCUT2D eigenvalue weighted by Crippen LogP contribution is -2.00. The van der Waals surface area contributed by atoms with Gasteiger partial charge in [-0.3, -0.25) is 0 Å². The van der Waals surface area contributed by atoms with Crippen molar-refractivity contribution < 1.29 is 4.74 Å². The van der Waals surface area contributed by atoms with E-state index in [0.29, 0.717) is 17.6 Å². The van der Waals surface area contributed by atoms with Crippen LogP contribution in [-0.4, -0.2) is 16.8 Å². The summed E-state index contributed by atoms with van der Waals surface area (Å²) < 4.78 is 5.61. The Hall–Kier alpha value is -2.33. The Balaban J connectivity index is 2.05. The zero-order valence-electron chi connectivity index (χ0n) is 11.5. The van der Waals surface area contributed by atoms with E-state index in [2.05, 4.69) is 15.5 Å². The number of anilines is 2. The predicted octanol–water partition coefficient (Wildman–Crippen LogP) is 4.43. The molecule has 21 heavy (non-hydrogen) atoms. The van der Waals surface area contributed by atoms with Gasteiger partial charge in [-0.25, -0.2) is 0 Å². The molecule has 1 aromatic heterocycles. The Labute approximate surface area is 127 Å². The van der Waals surface area contributed by atoms with E-state index in [1.807, 2.05) is 55.5 Å². The van der Waals surface area contributed by atoms with Crippen molar-refractivity contribution in [1.82, 2.24) is 10.2 Å². The van der Waals surface area contributed by atoms with Crippen LogP contribution in [0, 0.1) is 0 Å². The van der Waals surface area contributed by atoms with Gasteiger partial charge in [0, 0.05) is 10.8 Å². The molecule has 4 nitrogen and oxygen atoms in total. The normalized spacial score (nSPS) is 10.6. The van der Waals surface area contributed by atoms with Crippen LogP contribution in [0.25, 0.3) is 10.8 Å². The first kappa shape index (κ1) is 13.6. The highest BCUT2D eigenvalue weighted by Crippen LogP contribution is 2.31. The number of hydrogen-bond donors (Lipinski definition) is 1. The number of para-hydroxylation sites is 2. The lowest BCUT2D eigenvalue weighted by atomic mass is 10.2. The molecule has 0 aliphatic carbocycles. The first-order valence-electron chi connectivity index (χ1n) is 6.69. The van der Waals surface area contributed by atoms with E-state index in [1.165, 1.54) is 0 Å². The summed E-state index contributed by atoms with van der Waals surface area (Å²) >= 11 is 6.09. The van der Waals surface area contributed by atoms with Gasteiger partial charge in [-0.1, -0.05) is 48.0 Å². The van der Waals surface area contributed by atoms with Gasteiger partial charge in [-0.15, -0.1) is 10.2 Å². The van der Waals surface area contributed by atoms with E-state index in [-0.39, 0.29) is 0 Å². The van der Waals surface area contributed by atoms with Crippen LogP contribution >= 0.6 is 11.6 Å². The fraction of sp³-hybridized carbons (Fsp3) is 0.125. The molecule has 106 valence electrons. The molecule has 0 spiro atoms. The number of ether oxygens (including phenoxy) is 1. The highest BCUT2D eigenvalue weighted by molar-refractivity contribution is 6.34. The molecule has 0 saturated carbocycles. The van der Waals surface area contributed by atoms with Gasteiger partial charge in [-0.2, -0.15) is 0 Å². The Morgan fingerprint density at radius 3 is 2.52 bits per heavy atom. The first-order chi connectivity index (χ1) is 10.3. The van der Waals surface area contributed by atoms with Gasteiger partial charge in [0.05, 0.1) is 12.3 Å². The van der Waals surface area contributed by atoms with Gasteiger partial charge in [0.1, 0.15) is 5.75 Å². The van der Waals surface area contributed by atoms with Gasteiger partial charge >= 0.3 is 0 Å². The molecule has 3 rings (SSSR count). The Bertz CT molecular complexity index is 776.